The zero-order valence-electron chi connectivity index (χ0n) is 10.1. The molecule has 0 saturated carbocycles. The number of carbonyl (C=O) groups is 1. The molecule has 2 rings (SSSR count). The highest BCUT2D eigenvalue weighted by atomic mass is 35.5. The second kappa shape index (κ2) is 6.17. The Morgan fingerprint density at radius 3 is 2.95 bits per heavy atom. The average molecular weight is 277 g/mol. The Kier molecular flexibility index (Phi) is 4.33. The first-order valence-electron chi connectivity index (χ1n) is 5.64. The fraction of sp³-hybridized carbons (Fsp3) is 0.0769. The van der Waals surface area contributed by atoms with Crippen LogP contribution in [0.5, 0.6) is 0 Å². The summed E-state index contributed by atoms with van der Waals surface area (Å²) in [6.45, 7) is 0.387. The molecule has 0 fully saturated rings. The summed E-state index contributed by atoms with van der Waals surface area (Å²) in [5.41, 5.74) is 4.31. The minimum Gasteiger partial charge on any atom is -0.348 e. The maximum atomic E-state index is 12.0. The number of halogens is 1. The molecule has 0 spiro atoms. The zero-order chi connectivity index (χ0) is 13.7. The lowest BCUT2D eigenvalue weighted by atomic mass is 10.2. The van der Waals surface area contributed by atoms with Crippen molar-refractivity contribution in [2.45, 2.75) is 6.54 Å². The van der Waals surface area contributed by atoms with Crippen molar-refractivity contribution < 1.29 is 4.79 Å². The predicted octanol–water partition coefficient (Wildman–Crippen LogP) is 1.95. The van der Waals surface area contributed by atoms with Crippen LogP contribution >= 0.6 is 11.6 Å². The molecule has 1 heterocycles. The molecule has 19 heavy (non-hydrogen) atoms. The molecule has 1 amide bonds. The number of anilines is 1. The van der Waals surface area contributed by atoms with Crippen LogP contribution in [-0.4, -0.2) is 10.9 Å². The smallest absolute Gasteiger partial charge is 0.255 e. The standard InChI is InChI=1S/C13H13ClN4O/c14-10-3-1-2-9(6-10)7-17-13(19)11-8-16-5-4-12(11)18-15/h1-6,8H,7,15H2,(H,16,18)(H,17,19). The Balaban J connectivity index is 2.05. The third-order valence-corrected chi connectivity index (χ3v) is 2.80. The highest BCUT2D eigenvalue weighted by molar-refractivity contribution is 6.30. The fourth-order valence-corrected chi connectivity index (χ4v) is 1.84. The summed E-state index contributed by atoms with van der Waals surface area (Å²) < 4.78 is 0. The number of hydrogen-bond acceptors (Lipinski definition) is 4. The molecule has 1 aromatic heterocycles. The Bertz CT molecular complexity index is 588. The van der Waals surface area contributed by atoms with Crippen molar-refractivity contribution in [2.75, 3.05) is 5.43 Å². The van der Waals surface area contributed by atoms with Gasteiger partial charge in [0.1, 0.15) is 0 Å². The summed E-state index contributed by atoms with van der Waals surface area (Å²) in [6, 6.07) is 8.93. The van der Waals surface area contributed by atoms with E-state index in [1.54, 1.807) is 24.4 Å². The van der Waals surface area contributed by atoms with E-state index in [1.807, 2.05) is 12.1 Å². The molecule has 0 aliphatic heterocycles. The molecule has 0 atom stereocenters. The van der Waals surface area contributed by atoms with Gasteiger partial charge in [0.25, 0.3) is 5.91 Å². The number of nitrogen functional groups attached to an aromatic ring is 1. The van der Waals surface area contributed by atoms with Gasteiger partial charge in [-0.15, -0.1) is 0 Å². The minimum atomic E-state index is -0.249. The van der Waals surface area contributed by atoms with Crippen LogP contribution in [0, 0.1) is 0 Å². The van der Waals surface area contributed by atoms with Crippen molar-refractivity contribution in [1.29, 1.82) is 0 Å². The van der Waals surface area contributed by atoms with Crippen molar-refractivity contribution in [1.82, 2.24) is 10.3 Å². The Morgan fingerprint density at radius 2 is 2.21 bits per heavy atom. The molecule has 6 heteroatoms. The summed E-state index contributed by atoms with van der Waals surface area (Å²) in [4.78, 5) is 15.9. The van der Waals surface area contributed by atoms with Crippen LogP contribution in [-0.2, 0) is 6.54 Å². The summed E-state index contributed by atoms with van der Waals surface area (Å²) in [7, 11) is 0. The Morgan fingerprint density at radius 1 is 1.37 bits per heavy atom. The van der Waals surface area contributed by atoms with Crippen molar-refractivity contribution in [3.8, 4) is 0 Å². The normalized spacial score (nSPS) is 10.0. The predicted molar refractivity (Wildman–Crippen MR) is 74.7 cm³/mol. The summed E-state index contributed by atoms with van der Waals surface area (Å²) >= 11 is 5.88. The quantitative estimate of drug-likeness (QED) is 0.589. The fourth-order valence-electron chi connectivity index (χ4n) is 1.63. The number of amides is 1. The minimum absolute atomic E-state index is 0.249. The molecule has 98 valence electrons. The van der Waals surface area contributed by atoms with Gasteiger partial charge in [-0.25, -0.2) is 0 Å². The molecule has 0 aliphatic rings. The molecule has 5 nitrogen and oxygen atoms in total. The lowest BCUT2D eigenvalue weighted by molar-refractivity contribution is 0.0951. The van der Waals surface area contributed by atoms with Gasteiger partial charge < -0.3 is 10.7 Å². The number of benzene rings is 1. The van der Waals surface area contributed by atoms with Crippen molar-refractivity contribution in [3.63, 3.8) is 0 Å². The van der Waals surface area contributed by atoms with Crippen molar-refractivity contribution in [3.05, 3.63) is 58.9 Å². The first-order valence-corrected chi connectivity index (χ1v) is 6.02. The van der Waals surface area contributed by atoms with Crippen LogP contribution in [0.1, 0.15) is 15.9 Å². The first kappa shape index (κ1) is 13.3. The average Bonchev–Trinajstić information content (AvgIpc) is 2.45. The van der Waals surface area contributed by atoms with Crippen LogP contribution in [0.4, 0.5) is 5.69 Å². The van der Waals surface area contributed by atoms with Gasteiger partial charge in [0.05, 0.1) is 11.3 Å². The molecule has 0 saturated heterocycles. The van der Waals surface area contributed by atoms with Crippen LogP contribution in [0.2, 0.25) is 5.02 Å². The lowest BCUT2D eigenvalue weighted by Gasteiger charge is -2.09. The van der Waals surface area contributed by atoms with Gasteiger partial charge in [0.15, 0.2) is 0 Å². The third kappa shape index (κ3) is 3.43. The van der Waals surface area contributed by atoms with Gasteiger partial charge in [-0.2, -0.15) is 0 Å². The van der Waals surface area contributed by atoms with Crippen LogP contribution < -0.4 is 16.6 Å². The van der Waals surface area contributed by atoms with Gasteiger partial charge in [-0.3, -0.25) is 15.6 Å². The number of rotatable bonds is 4. The molecule has 1 aromatic carbocycles. The molecule has 0 bridgehead atoms. The van der Waals surface area contributed by atoms with Crippen molar-refractivity contribution in [2.24, 2.45) is 5.84 Å². The van der Waals surface area contributed by atoms with E-state index in [9.17, 15) is 4.79 Å². The summed E-state index contributed by atoms with van der Waals surface area (Å²) in [6.07, 6.45) is 3.02. The monoisotopic (exact) mass is 276 g/mol. The number of nitrogens with zero attached hydrogens (tertiary/aromatic N) is 1. The van der Waals surface area contributed by atoms with E-state index < -0.39 is 0 Å². The van der Waals surface area contributed by atoms with Gasteiger partial charge in [0, 0.05) is 24.0 Å². The van der Waals surface area contributed by atoms with E-state index in [2.05, 4.69) is 15.7 Å². The van der Waals surface area contributed by atoms with Gasteiger partial charge in [0.2, 0.25) is 0 Å². The largest absolute Gasteiger partial charge is 0.348 e. The van der Waals surface area contributed by atoms with E-state index in [-0.39, 0.29) is 5.91 Å². The number of carbonyl (C=O) groups excluding carboxylic acids is 1. The van der Waals surface area contributed by atoms with Crippen LogP contribution in [0.15, 0.2) is 42.7 Å². The van der Waals surface area contributed by atoms with Crippen molar-refractivity contribution >= 4 is 23.2 Å². The summed E-state index contributed by atoms with van der Waals surface area (Å²) in [5.74, 6) is 5.09. The van der Waals surface area contributed by atoms with E-state index in [0.29, 0.717) is 22.8 Å². The van der Waals surface area contributed by atoms with Gasteiger partial charge in [-0.1, -0.05) is 23.7 Å². The highest BCUT2D eigenvalue weighted by Gasteiger charge is 2.10. The van der Waals surface area contributed by atoms with E-state index in [0.717, 1.165) is 5.56 Å². The van der Waals surface area contributed by atoms with Gasteiger partial charge >= 0.3 is 0 Å². The molecule has 0 unspecified atom stereocenters. The molecule has 4 N–H and O–H groups in total. The molecular formula is C13H13ClN4O. The van der Waals surface area contributed by atoms with E-state index in [1.165, 1.54) is 6.20 Å². The first-order chi connectivity index (χ1) is 9.20. The van der Waals surface area contributed by atoms with Crippen LogP contribution in [0.3, 0.4) is 0 Å². The van der Waals surface area contributed by atoms with Gasteiger partial charge in [-0.05, 0) is 23.8 Å². The molecule has 2 aromatic rings. The molecule has 0 radical (unpaired) electrons. The molecule has 0 aliphatic carbocycles. The summed E-state index contributed by atoms with van der Waals surface area (Å²) in [5, 5.41) is 3.42. The zero-order valence-corrected chi connectivity index (χ0v) is 10.8. The van der Waals surface area contributed by atoms with E-state index >= 15 is 0 Å². The Labute approximate surface area is 115 Å². The van der Waals surface area contributed by atoms with E-state index in [4.69, 9.17) is 17.4 Å². The Hall–Kier alpha value is -2.11. The highest BCUT2D eigenvalue weighted by Crippen LogP contribution is 2.13. The SMILES string of the molecule is NNc1ccncc1C(=O)NCc1cccc(Cl)c1. The maximum Gasteiger partial charge on any atom is 0.255 e. The second-order valence-electron chi connectivity index (χ2n) is 3.88. The maximum absolute atomic E-state index is 12.0. The molecular weight excluding hydrogens is 264 g/mol. The topological polar surface area (TPSA) is 80.0 Å². The number of hydrogen-bond donors (Lipinski definition) is 3. The number of nitrogens with two attached hydrogens (primary N) is 1. The number of nitrogens with one attached hydrogen (secondary N) is 2. The number of pyridine rings is 1. The lowest BCUT2D eigenvalue weighted by Crippen LogP contribution is -2.25. The third-order valence-electron chi connectivity index (χ3n) is 2.56. The second-order valence-corrected chi connectivity index (χ2v) is 4.31. The number of hydrazine groups is 1. The number of aromatic nitrogens is 1. The van der Waals surface area contributed by atoms with Crippen LogP contribution in [0.25, 0.3) is 0 Å².